The summed E-state index contributed by atoms with van der Waals surface area (Å²) in [5, 5.41) is 11.7. The summed E-state index contributed by atoms with van der Waals surface area (Å²) in [5.41, 5.74) is 2.83. The Kier molecular flexibility index (Phi) is 4.59. The van der Waals surface area contributed by atoms with E-state index in [0.717, 1.165) is 42.9 Å². The maximum absolute atomic E-state index is 13.5. The van der Waals surface area contributed by atoms with Gasteiger partial charge in [-0.05, 0) is 43.9 Å². The number of amidine groups is 1. The van der Waals surface area contributed by atoms with Crippen molar-refractivity contribution in [3.8, 4) is 0 Å². The number of nitrogens with one attached hydrogen (secondary N) is 2. The predicted molar refractivity (Wildman–Crippen MR) is 124 cm³/mol. The number of piperidine rings is 1. The van der Waals surface area contributed by atoms with Crippen molar-refractivity contribution in [2.45, 2.75) is 50.1 Å². The Balaban J connectivity index is 1.35. The van der Waals surface area contributed by atoms with E-state index in [2.05, 4.69) is 32.8 Å². The van der Waals surface area contributed by atoms with Gasteiger partial charge in [-0.25, -0.2) is 9.50 Å². The molecule has 164 valence electrons. The van der Waals surface area contributed by atoms with Crippen molar-refractivity contribution in [1.29, 1.82) is 0 Å². The summed E-state index contributed by atoms with van der Waals surface area (Å²) in [6.07, 6.45) is 11.7. The number of aliphatic imine (C=N–C) groups is 1. The second-order valence-electron chi connectivity index (χ2n) is 9.07. The molecule has 1 saturated carbocycles. The molecule has 4 heterocycles. The Bertz CT molecular complexity index is 1200. The van der Waals surface area contributed by atoms with E-state index < -0.39 is 5.54 Å². The zero-order chi connectivity index (χ0) is 21.5. The highest BCUT2D eigenvalue weighted by Crippen LogP contribution is 2.37. The minimum absolute atomic E-state index is 0.0290. The molecule has 1 atom stereocenters. The number of likely N-dealkylation sites (tertiary alicyclic amines) is 1. The molecule has 8 nitrogen and oxygen atoms in total. The predicted octanol–water partition coefficient (Wildman–Crippen LogP) is 3.58. The van der Waals surface area contributed by atoms with E-state index in [0.29, 0.717) is 30.3 Å². The van der Waals surface area contributed by atoms with Crippen LogP contribution in [-0.4, -0.2) is 55.9 Å². The van der Waals surface area contributed by atoms with Gasteiger partial charge in [0.15, 0.2) is 5.65 Å². The van der Waals surface area contributed by atoms with Crippen LogP contribution in [-0.2, 0) is 0 Å². The second-order valence-corrected chi connectivity index (χ2v) is 9.07. The molecule has 1 spiro atoms. The Labute approximate surface area is 186 Å². The molecule has 1 aliphatic carbocycles. The number of carbonyl (C=O) groups is 1. The first kappa shape index (κ1) is 19.3. The topological polar surface area (TPSA) is 86.9 Å². The number of aromatic nitrogens is 3. The lowest BCUT2D eigenvalue weighted by Crippen LogP contribution is -2.62. The van der Waals surface area contributed by atoms with Crippen LogP contribution in [0.3, 0.4) is 0 Å². The SMILES string of the molecule is O=C(c1cnn2cccnc12)N1CCC[C@@]2(C1)Nc1ccccc1NC2=NC1CCCC1. The molecule has 1 aromatic carbocycles. The third kappa shape index (κ3) is 3.21. The maximum atomic E-state index is 13.5. The molecule has 0 unspecified atom stereocenters. The van der Waals surface area contributed by atoms with Crippen LogP contribution in [0.15, 0.2) is 53.9 Å². The average Bonchev–Trinajstić information content (AvgIpc) is 3.49. The third-order valence-electron chi connectivity index (χ3n) is 6.93. The summed E-state index contributed by atoms with van der Waals surface area (Å²) in [6, 6.07) is 10.4. The van der Waals surface area contributed by atoms with Crippen LogP contribution in [0.25, 0.3) is 5.65 Å². The molecule has 0 radical (unpaired) electrons. The Morgan fingerprint density at radius 1 is 1.12 bits per heavy atom. The molecule has 2 aliphatic heterocycles. The number of benzene rings is 1. The fourth-order valence-electron chi connectivity index (χ4n) is 5.31. The molecular weight excluding hydrogens is 402 g/mol. The first-order valence-electron chi connectivity index (χ1n) is 11.5. The van der Waals surface area contributed by atoms with E-state index in [4.69, 9.17) is 4.99 Å². The molecule has 3 aliphatic rings. The zero-order valence-corrected chi connectivity index (χ0v) is 18.0. The van der Waals surface area contributed by atoms with Crippen LogP contribution in [0.1, 0.15) is 48.9 Å². The highest BCUT2D eigenvalue weighted by atomic mass is 16.2. The number of hydrogen-bond acceptors (Lipinski definition) is 5. The van der Waals surface area contributed by atoms with E-state index in [-0.39, 0.29) is 5.91 Å². The Morgan fingerprint density at radius 2 is 1.97 bits per heavy atom. The molecule has 2 fully saturated rings. The average molecular weight is 430 g/mol. The fraction of sp³-hybridized carbons (Fsp3) is 0.417. The molecule has 2 aromatic heterocycles. The van der Waals surface area contributed by atoms with E-state index in [1.54, 1.807) is 16.9 Å². The number of rotatable bonds is 2. The van der Waals surface area contributed by atoms with Gasteiger partial charge in [0.25, 0.3) is 5.91 Å². The monoisotopic (exact) mass is 429 g/mol. The number of carbonyl (C=O) groups excluding carboxylic acids is 1. The lowest BCUT2D eigenvalue weighted by atomic mass is 9.84. The van der Waals surface area contributed by atoms with Crippen molar-refractivity contribution >= 4 is 28.8 Å². The van der Waals surface area contributed by atoms with E-state index in [1.165, 1.54) is 12.8 Å². The van der Waals surface area contributed by atoms with E-state index in [1.807, 2.05) is 29.3 Å². The highest BCUT2D eigenvalue weighted by molar-refractivity contribution is 6.10. The number of para-hydroxylation sites is 2. The number of hydrogen-bond donors (Lipinski definition) is 2. The van der Waals surface area contributed by atoms with Crippen LogP contribution >= 0.6 is 0 Å². The summed E-state index contributed by atoms with van der Waals surface area (Å²) in [5.74, 6) is 0.942. The van der Waals surface area contributed by atoms with Crippen molar-refractivity contribution in [2.75, 3.05) is 23.7 Å². The van der Waals surface area contributed by atoms with Crippen molar-refractivity contribution < 1.29 is 4.79 Å². The van der Waals surface area contributed by atoms with Crippen LogP contribution in [0.2, 0.25) is 0 Å². The summed E-state index contributed by atoms with van der Waals surface area (Å²) >= 11 is 0. The number of amides is 1. The minimum atomic E-state index is -0.415. The van der Waals surface area contributed by atoms with Crippen molar-refractivity contribution in [3.63, 3.8) is 0 Å². The van der Waals surface area contributed by atoms with Gasteiger partial charge in [-0.3, -0.25) is 9.79 Å². The summed E-state index contributed by atoms with van der Waals surface area (Å²) < 4.78 is 1.65. The smallest absolute Gasteiger partial charge is 0.259 e. The van der Waals surface area contributed by atoms with Gasteiger partial charge < -0.3 is 15.5 Å². The zero-order valence-electron chi connectivity index (χ0n) is 18.0. The molecule has 32 heavy (non-hydrogen) atoms. The summed E-state index contributed by atoms with van der Waals surface area (Å²) in [6.45, 7) is 1.27. The van der Waals surface area contributed by atoms with Gasteiger partial charge in [-0.2, -0.15) is 5.10 Å². The minimum Gasteiger partial charge on any atom is -0.370 e. The molecule has 2 N–H and O–H groups in total. The van der Waals surface area contributed by atoms with Crippen LogP contribution in [0.5, 0.6) is 0 Å². The van der Waals surface area contributed by atoms with Gasteiger partial charge in [0.1, 0.15) is 16.9 Å². The van der Waals surface area contributed by atoms with Gasteiger partial charge in [0, 0.05) is 18.9 Å². The van der Waals surface area contributed by atoms with Crippen LogP contribution in [0, 0.1) is 0 Å². The summed E-state index contributed by atoms with van der Waals surface area (Å²) in [7, 11) is 0. The quantitative estimate of drug-likeness (QED) is 0.650. The molecule has 1 saturated heterocycles. The molecule has 8 heteroatoms. The first-order chi connectivity index (χ1) is 15.7. The lowest BCUT2D eigenvalue weighted by Gasteiger charge is -2.47. The van der Waals surface area contributed by atoms with Gasteiger partial charge >= 0.3 is 0 Å². The third-order valence-corrected chi connectivity index (χ3v) is 6.93. The van der Waals surface area contributed by atoms with Crippen molar-refractivity contribution in [2.24, 2.45) is 4.99 Å². The van der Waals surface area contributed by atoms with Crippen molar-refractivity contribution in [1.82, 2.24) is 19.5 Å². The second kappa shape index (κ2) is 7.62. The Hall–Kier alpha value is -3.42. The van der Waals surface area contributed by atoms with Gasteiger partial charge in [0.2, 0.25) is 0 Å². The highest BCUT2D eigenvalue weighted by Gasteiger charge is 2.45. The van der Waals surface area contributed by atoms with E-state index in [9.17, 15) is 4.79 Å². The molecule has 6 rings (SSSR count). The molecule has 1 amide bonds. The lowest BCUT2D eigenvalue weighted by molar-refractivity contribution is 0.0696. The van der Waals surface area contributed by atoms with Gasteiger partial charge in [-0.15, -0.1) is 0 Å². The maximum Gasteiger partial charge on any atom is 0.259 e. The van der Waals surface area contributed by atoms with Crippen molar-refractivity contribution in [3.05, 3.63) is 54.5 Å². The largest absolute Gasteiger partial charge is 0.370 e. The normalized spacial score (nSPS) is 24.5. The van der Waals surface area contributed by atoms with Gasteiger partial charge in [-0.1, -0.05) is 25.0 Å². The number of fused-ring (bicyclic) bond motifs is 2. The standard InChI is InChI=1S/C24H27N7O/c32-22(18-15-26-31-14-6-12-25-21(18)31)30-13-5-11-24(16-30)23(27-17-7-1-2-8-17)28-19-9-3-4-10-20(19)29-24/h3-4,6,9-10,12,14-15,17,29H,1-2,5,7-8,11,13,16H2,(H,27,28)/t24-/m0/s1. The van der Waals surface area contributed by atoms with E-state index >= 15 is 0 Å². The molecular formula is C24H27N7O. The summed E-state index contributed by atoms with van der Waals surface area (Å²) in [4.78, 5) is 25.0. The molecule has 0 bridgehead atoms. The first-order valence-corrected chi connectivity index (χ1v) is 11.5. The Morgan fingerprint density at radius 3 is 2.84 bits per heavy atom. The van der Waals surface area contributed by atoms with Crippen LogP contribution < -0.4 is 10.6 Å². The number of nitrogens with zero attached hydrogens (tertiary/aromatic N) is 5. The van der Waals surface area contributed by atoms with Crippen LogP contribution in [0.4, 0.5) is 11.4 Å². The molecule has 3 aromatic rings. The number of anilines is 2. The fourth-order valence-corrected chi connectivity index (χ4v) is 5.31. The van der Waals surface area contributed by atoms with Gasteiger partial charge in [0.05, 0.1) is 30.2 Å².